The number of hydrogen-bond acceptors (Lipinski definition) is 3. The molecule has 0 fully saturated rings. The van der Waals surface area contributed by atoms with Crippen molar-refractivity contribution in [3.63, 3.8) is 0 Å². The zero-order valence-electron chi connectivity index (χ0n) is 9.05. The van der Waals surface area contributed by atoms with Crippen LogP contribution in [0.4, 0.5) is 0 Å². The molecule has 0 heterocycles. The van der Waals surface area contributed by atoms with E-state index in [-0.39, 0.29) is 12.4 Å². The van der Waals surface area contributed by atoms with Gasteiger partial charge < -0.3 is 9.47 Å². The second kappa shape index (κ2) is 6.11. The van der Waals surface area contributed by atoms with E-state index in [0.717, 1.165) is 11.1 Å². The van der Waals surface area contributed by atoms with E-state index in [4.69, 9.17) is 16.3 Å². The Morgan fingerprint density at radius 3 is 2.62 bits per heavy atom. The van der Waals surface area contributed by atoms with Gasteiger partial charge >= 0.3 is 5.97 Å². The minimum absolute atomic E-state index is 0.167. The Kier molecular flexibility index (Phi) is 5.09. The summed E-state index contributed by atoms with van der Waals surface area (Å²) in [4.78, 5) is 11.2. The van der Waals surface area contributed by atoms with E-state index in [1.165, 1.54) is 7.11 Å². The molecule has 88 valence electrons. The fourth-order valence-electron chi connectivity index (χ4n) is 1.32. The second-order valence-electron chi connectivity index (χ2n) is 3.13. The molecule has 0 radical (unpaired) electrons. The number of methoxy groups -OCH3 is 2. The highest BCUT2D eigenvalue weighted by atomic mass is 79.9. The zero-order chi connectivity index (χ0) is 12.1. The van der Waals surface area contributed by atoms with Crippen LogP contribution >= 0.6 is 27.5 Å². The van der Waals surface area contributed by atoms with Crippen molar-refractivity contribution in [2.24, 2.45) is 0 Å². The highest BCUT2D eigenvalue weighted by molar-refractivity contribution is 9.08. The van der Waals surface area contributed by atoms with Crippen LogP contribution in [0.5, 0.6) is 5.75 Å². The molecule has 0 aliphatic carbocycles. The van der Waals surface area contributed by atoms with E-state index >= 15 is 0 Å². The summed E-state index contributed by atoms with van der Waals surface area (Å²) in [7, 11) is 2.93. The molecule has 0 unspecified atom stereocenters. The lowest BCUT2D eigenvalue weighted by Crippen LogP contribution is -2.07. The van der Waals surface area contributed by atoms with Gasteiger partial charge in [0.2, 0.25) is 0 Å². The average Bonchev–Trinajstić information content (AvgIpc) is 2.30. The van der Waals surface area contributed by atoms with Crippen molar-refractivity contribution in [2.45, 2.75) is 11.8 Å². The number of ether oxygens (including phenoxy) is 2. The third-order valence-corrected chi connectivity index (χ3v) is 3.13. The highest BCUT2D eigenvalue weighted by Crippen LogP contribution is 2.28. The molecule has 0 N–H and O–H groups in total. The summed E-state index contributed by atoms with van der Waals surface area (Å²) in [5.74, 6) is 0.363. The van der Waals surface area contributed by atoms with E-state index in [1.54, 1.807) is 13.2 Å². The first kappa shape index (κ1) is 13.3. The minimum Gasteiger partial charge on any atom is -0.497 e. The van der Waals surface area contributed by atoms with Gasteiger partial charge in [0.25, 0.3) is 0 Å². The Bertz CT molecular complexity index is 393. The van der Waals surface area contributed by atoms with E-state index in [1.807, 2.05) is 6.07 Å². The Morgan fingerprint density at radius 1 is 1.44 bits per heavy atom. The van der Waals surface area contributed by atoms with Gasteiger partial charge in [-0.15, -0.1) is 0 Å². The largest absolute Gasteiger partial charge is 0.497 e. The Morgan fingerprint density at radius 2 is 2.12 bits per heavy atom. The molecule has 1 aromatic rings. The van der Waals surface area contributed by atoms with Crippen LogP contribution in [0.2, 0.25) is 5.02 Å². The SMILES string of the molecule is COC(=O)Cc1c(Cl)cc(OC)cc1CBr. The molecule has 0 bridgehead atoms. The first-order valence-corrected chi connectivity index (χ1v) is 6.10. The fraction of sp³-hybridized carbons (Fsp3) is 0.364. The summed E-state index contributed by atoms with van der Waals surface area (Å²) in [5, 5.41) is 1.12. The van der Waals surface area contributed by atoms with Gasteiger partial charge in [0.05, 0.1) is 20.6 Å². The maximum Gasteiger partial charge on any atom is 0.310 e. The molecule has 0 atom stereocenters. The van der Waals surface area contributed by atoms with Crippen LogP contribution in [0.15, 0.2) is 12.1 Å². The molecule has 0 aliphatic heterocycles. The number of esters is 1. The predicted octanol–water partition coefficient (Wildman–Crippen LogP) is 2.96. The van der Waals surface area contributed by atoms with Gasteiger partial charge in [-0.05, 0) is 23.3 Å². The van der Waals surface area contributed by atoms with Crippen LogP contribution in [-0.4, -0.2) is 20.2 Å². The number of halogens is 2. The Labute approximate surface area is 108 Å². The molecule has 0 saturated heterocycles. The van der Waals surface area contributed by atoms with Crippen molar-refractivity contribution < 1.29 is 14.3 Å². The van der Waals surface area contributed by atoms with Crippen molar-refractivity contribution in [1.29, 1.82) is 0 Å². The summed E-state index contributed by atoms with van der Waals surface area (Å²) < 4.78 is 9.72. The first-order chi connectivity index (χ1) is 7.62. The molecule has 1 aromatic carbocycles. The number of benzene rings is 1. The standard InChI is InChI=1S/C11H12BrClO3/c1-15-8-3-7(6-12)9(10(13)4-8)5-11(14)16-2/h3-4H,5-6H2,1-2H3. The summed E-state index contributed by atoms with van der Waals surface area (Å²) in [6.07, 6.45) is 0.167. The van der Waals surface area contributed by atoms with E-state index in [9.17, 15) is 4.79 Å². The van der Waals surface area contributed by atoms with Crippen molar-refractivity contribution in [2.75, 3.05) is 14.2 Å². The second-order valence-corrected chi connectivity index (χ2v) is 4.10. The van der Waals surface area contributed by atoms with Gasteiger partial charge in [-0.2, -0.15) is 0 Å². The lowest BCUT2D eigenvalue weighted by Gasteiger charge is -2.11. The lowest BCUT2D eigenvalue weighted by atomic mass is 10.1. The van der Waals surface area contributed by atoms with Gasteiger partial charge in [0.15, 0.2) is 0 Å². The molecule has 0 aliphatic rings. The molecule has 16 heavy (non-hydrogen) atoms. The minimum atomic E-state index is -0.311. The fourth-order valence-corrected chi connectivity index (χ4v) is 2.11. The zero-order valence-corrected chi connectivity index (χ0v) is 11.4. The van der Waals surface area contributed by atoms with Crippen molar-refractivity contribution >= 4 is 33.5 Å². The van der Waals surface area contributed by atoms with Crippen LogP contribution in [0.1, 0.15) is 11.1 Å². The average molecular weight is 308 g/mol. The third kappa shape index (κ3) is 3.12. The quantitative estimate of drug-likeness (QED) is 0.634. The first-order valence-electron chi connectivity index (χ1n) is 4.60. The van der Waals surface area contributed by atoms with Gasteiger partial charge in [0, 0.05) is 10.4 Å². The topological polar surface area (TPSA) is 35.5 Å². The number of rotatable bonds is 4. The molecule has 0 aromatic heterocycles. The summed E-state index contributed by atoms with van der Waals surface area (Å²) in [6, 6.07) is 3.53. The van der Waals surface area contributed by atoms with Gasteiger partial charge in [-0.25, -0.2) is 0 Å². The number of alkyl halides is 1. The van der Waals surface area contributed by atoms with Crippen LogP contribution < -0.4 is 4.74 Å². The predicted molar refractivity (Wildman–Crippen MR) is 66.4 cm³/mol. The monoisotopic (exact) mass is 306 g/mol. The van der Waals surface area contributed by atoms with Crippen LogP contribution in [-0.2, 0) is 21.3 Å². The maximum atomic E-state index is 11.2. The van der Waals surface area contributed by atoms with E-state index in [2.05, 4.69) is 20.7 Å². The molecular formula is C11H12BrClO3. The lowest BCUT2D eigenvalue weighted by molar-refractivity contribution is -0.139. The van der Waals surface area contributed by atoms with Crippen LogP contribution in [0, 0.1) is 0 Å². The smallest absolute Gasteiger partial charge is 0.310 e. The van der Waals surface area contributed by atoms with Crippen LogP contribution in [0.25, 0.3) is 0 Å². The van der Waals surface area contributed by atoms with Gasteiger partial charge in [-0.1, -0.05) is 27.5 Å². The molecule has 0 amide bonds. The molecular weight excluding hydrogens is 295 g/mol. The molecule has 5 heteroatoms. The third-order valence-electron chi connectivity index (χ3n) is 2.19. The summed E-state index contributed by atoms with van der Waals surface area (Å²) in [5.41, 5.74) is 1.70. The van der Waals surface area contributed by atoms with Gasteiger partial charge in [0.1, 0.15) is 5.75 Å². The maximum absolute atomic E-state index is 11.2. The van der Waals surface area contributed by atoms with Gasteiger partial charge in [-0.3, -0.25) is 4.79 Å². The molecule has 0 saturated carbocycles. The Balaban J connectivity index is 3.11. The number of hydrogen-bond donors (Lipinski definition) is 0. The Hall–Kier alpha value is -0.740. The summed E-state index contributed by atoms with van der Waals surface area (Å²) in [6.45, 7) is 0. The van der Waals surface area contributed by atoms with Crippen molar-refractivity contribution in [3.8, 4) is 5.75 Å². The van der Waals surface area contributed by atoms with Crippen molar-refractivity contribution in [1.82, 2.24) is 0 Å². The molecule has 1 rings (SSSR count). The molecule has 3 nitrogen and oxygen atoms in total. The number of carbonyl (C=O) groups excluding carboxylic acids is 1. The van der Waals surface area contributed by atoms with Crippen LogP contribution in [0.3, 0.4) is 0 Å². The van der Waals surface area contributed by atoms with E-state index in [0.29, 0.717) is 16.1 Å². The van der Waals surface area contributed by atoms with E-state index < -0.39 is 0 Å². The normalized spacial score (nSPS) is 10.0. The molecule has 0 spiro atoms. The summed E-state index contributed by atoms with van der Waals surface area (Å²) >= 11 is 9.44. The van der Waals surface area contributed by atoms with Crippen molar-refractivity contribution in [3.05, 3.63) is 28.3 Å². The highest BCUT2D eigenvalue weighted by Gasteiger charge is 2.13. The number of carbonyl (C=O) groups is 1.